The molecule has 0 radical (unpaired) electrons. The van der Waals surface area contributed by atoms with E-state index in [1.807, 2.05) is 13.2 Å². The maximum absolute atomic E-state index is 12.1. The molecule has 19 heavy (non-hydrogen) atoms. The highest BCUT2D eigenvalue weighted by Gasteiger charge is 2.28. The average molecular weight is 258 g/mol. The number of ether oxygens (including phenoxy) is 2. The number of nitrogens with zero attached hydrogens (tertiary/aromatic N) is 2. The Morgan fingerprint density at radius 2 is 2.32 bits per heavy atom. The second-order valence-corrected chi connectivity index (χ2v) is 4.54. The molecule has 2 aromatic rings. The van der Waals surface area contributed by atoms with Gasteiger partial charge in [-0.05, 0) is 12.1 Å². The van der Waals surface area contributed by atoms with Gasteiger partial charge in [0.2, 0.25) is 0 Å². The number of benzene rings is 1. The fraction of sp³-hybridized carbons (Fsp3) is 0.286. The summed E-state index contributed by atoms with van der Waals surface area (Å²) >= 11 is 0. The third-order valence-corrected chi connectivity index (χ3v) is 3.23. The van der Waals surface area contributed by atoms with Crippen LogP contribution in [0.5, 0.6) is 11.5 Å². The maximum atomic E-state index is 12.1. The molecule has 5 nitrogen and oxygen atoms in total. The second-order valence-electron chi connectivity index (χ2n) is 4.54. The van der Waals surface area contributed by atoms with Crippen molar-refractivity contribution in [3.05, 3.63) is 41.7 Å². The summed E-state index contributed by atoms with van der Waals surface area (Å²) in [7, 11) is 3.43. The second kappa shape index (κ2) is 4.42. The van der Waals surface area contributed by atoms with Crippen molar-refractivity contribution in [2.24, 2.45) is 7.05 Å². The SMILES string of the molecule is COc1ccc2c(c1)OC(c1cnn(C)c1)CC2=O. The van der Waals surface area contributed by atoms with Crippen molar-refractivity contribution in [2.75, 3.05) is 7.11 Å². The molecule has 0 amide bonds. The predicted molar refractivity (Wildman–Crippen MR) is 68.5 cm³/mol. The zero-order valence-electron chi connectivity index (χ0n) is 10.8. The minimum absolute atomic E-state index is 0.0813. The van der Waals surface area contributed by atoms with E-state index >= 15 is 0 Å². The first-order chi connectivity index (χ1) is 9.17. The summed E-state index contributed by atoms with van der Waals surface area (Å²) in [4.78, 5) is 12.1. The molecular weight excluding hydrogens is 244 g/mol. The lowest BCUT2D eigenvalue weighted by Gasteiger charge is -2.24. The van der Waals surface area contributed by atoms with Crippen LogP contribution in [0.4, 0.5) is 0 Å². The van der Waals surface area contributed by atoms with Gasteiger partial charge >= 0.3 is 0 Å². The number of fused-ring (bicyclic) bond motifs is 1. The lowest BCUT2D eigenvalue weighted by molar-refractivity contribution is 0.0849. The first kappa shape index (κ1) is 11.8. The minimum atomic E-state index is -0.277. The lowest BCUT2D eigenvalue weighted by atomic mass is 9.98. The normalized spacial score (nSPS) is 17.8. The van der Waals surface area contributed by atoms with Gasteiger partial charge < -0.3 is 9.47 Å². The highest BCUT2D eigenvalue weighted by molar-refractivity contribution is 6.00. The molecule has 1 aliphatic heterocycles. The highest BCUT2D eigenvalue weighted by Crippen LogP contribution is 2.36. The van der Waals surface area contributed by atoms with Gasteiger partial charge in [0.15, 0.2) is 5.78 Å². The standard InChI is InChI=1S/C14H14N2O3/c1-16-8-9(7-15-16)13-6-12(17)11-4-3-10(18-2)5-14(11)19-13/h3-5,7-8,13H,6H2,1-2H3. The first-order valence-electron chi connectivity index (χ1n) is 6.04. The first-order valence-corrected chi connectivity index (χ1v) is 6.04. The van der Waals surface area contributed by atoms with Gasteiger partial charge in [0.1, 0.15) is 17.6 Å². The van der Waals surface area contributed by atoms with E-state index in [0.717, 1.165) is 5.56 Å². The van der Waals surface area contributed by atoms with Gasteiger partial charge in [-0.1, -0.05) is 0 Å². The van der Waals surface area contributed by atoms with Crippen LogP contribution in [-0.4, -0.2) is 22.7 Å². The van der Waals surface area contributed by atoms with Crippen molar-refractivity contribution in [1.82, 2.24) is 9.78 Å². The van der Waals surface area contributed by atoms with Crippen molar-refractivity contribution >= 4 is 5.78 Å². The minimum Gasteiger partial charge on any atom is -0.497 e. The summed E-state index contributed by atoms with van der Waals surface area (Å²) in [5.41, 5.74) is 1.52. The molecule has 98 valence electrons. The molecule has 1 aromatic heterocycles. The summed E-state index contributed by atoms with van der Waals surface area (Å²) in [5.74, 6) is 1.33. The zero-order valence-corrected chi connectivity index (χ0v) is 10.8. The molecule has 0 spiro atoms. The average Bonchev–Trinajstić information content (AvgIpc) is 2.84. The Morgan fingerprint density at radius 3 is 3.00 bits per heavy atom. The number of aromatic nitrogens is 2. The molecule has 1 unspecified atom stereocenters. The number of carbonyl (C=O) groups is 1. The van der Waals surface area contributed by atoms with Gasteiger partial charge in [-0.25, -0.2) is 0 Å². The molecule has 3 rings (SSSR count). The van der Waals surface area contributed by atoms with Crippen LogP contribution >= 0.6 is 0 Å². The van der Waals surface area contributed by atoms with Crippen molar-refractivity contribution in [3.8, 4) is 11.5 Å². The number of Topliss-reactive ketones (excluding diaryl/α,β-unsaturated/α-hetero) is 1. The van der Waals surface area contributed by atoms with Gasteiger partial charge in [0.05, 0.1) is 25.3 Å². The monoisotopic (exact) mass is 258 g/mol. The van der Waals surface area contributed by atoms with Crippen LogP contribution in [0.15, 0.2) is 30.6 Å². The molecule has 0 saturated heterocycles. The van der Waals surface area contributed by atoms with Crippen LogP contribution in [0.1, 0.15) is 28.4 Å². The number of methoxy groups -OCH3 is 1. The van der Waals surface area contributed by atoms with E-state index in [0.29, 0.717) is 23.5 Å². The van der Waals surface area contributed by atoms with E-state index in [2.05, 4.69) is 5.10 Å². The summed E-state index contributed by atoms with van der Waals surface area (Å²) in [6.07, 6.45) is 3.65. The highest BCUT2D eigenvalue weighted by atomic mass is 16.5. The Hall–Kier alpha value is -2.30. The third kappa shape index (κ3) is 2.07. The molecule has 1 aliphatic rings. The molecule has 0 aliphatic carbocycles. The predicted octanol–water partition coefficient (Wildman–Crippen LogP) is 2.14. The lowest BCUT2D eigenvalue weighted by Crippen LogP contribution is -2.20. The van der Waals surface area contributed by atoms with Crippen molar-refractivity contribution in [1.29, 1.82) is 0 Å². The number of hydrogen-bond acceptors (Lipinski definition) is 4. The van der Waals surface area contributed by atoms with Crippen LogP contribution in [0, 0.1) is 0 Å². The Kier molecular flexibility index (Phi) is 2.74. The molecule has 1 aromatic carbocycles. The molecule has 0 bridgehead atoms. The van der Waals surface area contributed by atoms with Crippen LogP contribution < -0.4 is 9.47 Å². The largest absolute Gasteiger partial charge is 0.497 e. The maximum Gasteiger partial charge on any atom is 0.170 e. The summed E-state index contributed by atoms with van der Waals surface area (Å²) in [6, 6.07) is 5.26. The zero-order chi connectivity index (χ0) is 13.4. The molecule has 2 heterocycles. The molecule has 0 saturated carbocycles. The fourth-order valence-corrected chi connectivity index (χ4v) is 2.22. The third-order valence-electron chi connectivity index (χ3n) is 3.23. The summed E-state index contributed by atoms with van der Waals surface area (Å²) in [5, 5.41) is 4.11. The van der Waals surface area contributed by atoms with Gasteiger partial charge in [0, 0.05) is 24.9 Å². The topological polar surface area (TPSA) is 53.4 Å². The molecule has 0 N–H and O–H groups in total. The summed E-state index contributed by atoms with van der Waals surface area (Å²) < 4.78 is 12.7. The quantitative estimate of drug-likeness (QED) is 0.828. The van der Waals surface area contributed by atoms with E-state index in [-0.39, 0.29) is 11.9 Å². The van der Waals surface area contributed by atoms with Gasteiger partial charge in [-0.3, -0.25) is 9.48 Å². The fourth-order valence-electron chi connectivity index (χ4n) is 2.22. The van der Waals surface area contributed by atoms with E-state index in [1.54, 1.807) is 36.2 Å². The van der Waals surface area contributed by atoms with E-state index < -0.39 is 0 Å². The number of hydrogen-bond donors (Lipinski definition) is 0. The Bertz CT molecular complexity index is 633. The van der Waals surface area contributed by atoms with Crippen LogP contribution in [0.2, 0.25) is 0 Å². The van der Waals surface area contributed by atoms with E-state index in [4.69, 9.17) is 9.47 Å². The van der Waals surface area contributed by atoms with Crippen molar-refractivity contribution in [2.45, 2.75) is 12.5 Å². The van der Waals surface area contributed by atoms with Crippen LogP contribution in [-0.2, 0) is 7.05 Å². The molecule has 5 heteroatoms. The molecule has 1 atom stereocenters. The Labute approximate surface area is 110 Å². The van der Waals surface area contributed by atoms with Gasteiger partial charge in [0.25, 0.3) is 0 Å². The van der Waals surface area contributed by atoms with Crippen LogP contribution in [0.25, 0.3) is 0 Å². The van der Waals surface area contributed by atoms with Gasteiger partial charge in [-0.15, -0.1) is 0 Å². The number of ketones is 1. The van der Waals surface area contributed by atoms with Crippen molar-refractivity contribution in [3.63, 3.8) is 0 Å². The Morgan fingerprint density at radius 1 is 1.47 bits per heavy atom. The van der Waals surface area contributed by atoms with Crippen LogP contribution in [0.3, 0.4) is 0 Å². The molecular formula is C14H14N2O3. The smallest absolute Gasteiger partial charge is 0.170 e. The van der Waals surface area contributed by atoms with E-state index in [9.17, 15) is 4.79 Å². The number of carbonyl (C=O) groups excluding carboxylic acids is 1. The Balaban J connectivity index is 1.96. The van der Waals surface area contributed by atoms with Crippen molar-refractivity contribution < 1.29 is 14.3 Å². The number of rotatable bonds is 2. The summed E-state index contributed by atoms with van der Waals surface area (Å²) in [6.45, 7) is 0. The number of aryl methyl sites for hydroxylation is 1. The van der Waals surface area contributed by atoms with E-state index in [1.165, 1.54) is 0 Å². The molecule has 0 fully saturated rings. The van der Waals surface area contributed by atoms with Gasteiger partial charge in [-0.2, -0.15) is 5.10 Å².